The zero-order valence-corrected chi connectivity index (χ0v) is 15.1. The Morgan fingerprint density at radius 1 is 0.923 bits per heavy atom. The van der Waals surface area contributed by atoms with Gasteiger partial charge in [-0.3, -0.25) is 24.0 Å². The summed E-state index contributed by atoms with van der Waals surface area (Å²) < 4.78 is 20.5. The Bertz CT molecular complexity index is 626. The Balaban J connectivity index is 3.31. The van der Waals surface area contributed by atoms with E-state index < -0.39 is 48.2 Å². The Morgan fingerprint density at radius 2 is 1.46 bits per heavy atom. The van der Waals surface area contributed by atoms with E-state index in [1.54, 1.807) is 0 Å². The van der Waals surface area contributed by atoms with Crippen LogP contribution in [0.5, 0.6) is 0 Å². The van der Waals surface area contributed by atoms with Crippen LogP contribution >= 0.6 is 0 Å². The van der Waals surface area contributed by atoms with Gasteiger partial charge in [0, 0.05) is 34.6 Å². The van der Waals surface area contributed by atoms with Gasteiger partial charge >= 0.3 is 17.9 Å². The first kappa shape index (κ1) is 21.3. The molecule has 0 aromatic heterocycles. The molecule has 0 N–H and O–H groups in total. The van der Waals surface area contributed by atoms with E-state index >= 15 is 0 Å². The average Bonchev–Trinajstić information content (AvgIpc) is 2.46. The normalized spacial score (nSPS) is 21.9. The lowest BCUT2D eigenvalue weighted by Gasteiger charge is -2.36. The van der Waals surface area contributed by atoms with Gasteiger partial charge in [-0.05, 0) is 6.08 Å². The molecule has 0 radical (unpaired) electrons. The Kier molecular flexibility index (Phi) is 7.44. The third kappa shape index (κ3) is 5.96. The summed E-state index contributed by atoms with van der Waals surface area (Å²) in [4.78, 5) is 58.2. The highest BCUT2D eigenvalue weighted by Crippen LogP contribution is 2.27. The number of ether oxygens (including phenoxy) is 4. The van der Waals surface area contributed by atoms with Crippen LogP contribution in [-0.4, -0.2) is 59.7 Å². The van der Waals surface area contributed by atoms with Gasteiger partial charge in [0.05, 0.1) is 5.70 Å². The monoisotopic (exact) mass is 371 g/mol. The van der Waals surface area contributed by atoms with E-state index in [9.17, 15) is 24.0 Å². The van der Waals surface area contributed by atoms with Crippen molar-refractivity contribution in [1.82, 2.24) is 4.90 Å². The lowest BCUT2D eigenvalue weighted by atomic mass is 10.1. The minimum Gasteiger partial charge on any atom is -0.463 e. The molecule has 0 saturated carbocycles. The minimum absolute atomic E-state index is 0.106. The molecule has 10 heteroatoms. The van der Waals surface area contributed by atoms with Crippen molar-refractivity contribution in [3.63, 3.8) is 0 Å². The smallest absolute Gasteiger partial charge is 0.305 e. The zero-order chi connectivity index (χ0) is 20.0. The van der Waals surface area contributed by atoms with Crippen molar-refractivity contribution >= 4 is 29.7 Å². The first-order valence-corrected chi connectivity index (χ1v) is 7.69. The van der Waals surface area contributed by atoms with Crippen LogP contribution in [0.15, 0.2) is 11.8 Å². The summed E-state index contributed by atoms with van der Waals surface area (Å²) in [6.07, 6.45) is -2.24. The molecule has 3 unspecified atom stereocenters. The molecule has 0 fully saturated rings. The van der Waals surface area contributed by atoms with Gasteiger partial charge in [0.2, 0.25) is 18.1 Å². The molecule has 0 bridgehead atoms. The molecule has 1 aliphatic heterocycles. The molecule has 10 nitrogen and oxygen atoms in total. The summed E-state index contributed by atoms with van der Waals surface area (Å²) >= 11 is 0. The van der Waals surface area contributed by atoms with Crippen molar-refractivity contribution in [2.75, 3.05) is 6.61 Å². The maximum absolute atomic E-state index is 11.8. The van der Waals surface area contributed by atoms with E-state index in [-0.39, 0.29) is 12.3 Å². The van der Waals surface area contributed by atoms with Gasteiger partial charge in [-0.15, -0.1) is 0 Å². The van der Waals surface area contributed by atoms with E-state index in [0.717, 1.165) is 32.6 Å². The standard InChI is InChI=1S/C16H21NO9/c1-8(18)17(9(2)19)13-6-14(24-11(4)21)15(7-23-10(3)20)26-16(13)25-12(5)22/h6,14-16H,7H2,1-5H3. The molecule has 144 valence electrons. The van der Waals surface area contributed by atoms with E-state index in [1.165, 1.54) is 13.0 Å². The summed E-state index contributed by atoms with van der Waals surface area (Å²) in [5.74, 6) is -3.28. The zero-order valence-electron chi connectivity index (χ0n) is 15.1. The van der Waals surface area contributed by atoms with E-state index in [2.05, 4.69) is 0 Å². The topological polar surface area (TPSA) is 126 Å². The molecule has 1 rings (SSSR count). The van der Waals surface area contributed by atoms with Gasteiger partial charge in [0.25, 0.3) is 0 Å². The van der Waals surface area contributed by atoms with E-state index in [4.69, 9.17) is 18.9 Å². The highest BCUT2D eigenvalue weighted by molar-refractivity contribution is 5.95. The number of carbonyl (C=O) groups is 5. The number of amides is 2. The van der Waals surface area contributed by atoms with Crippen LogP contribution in [0.25, 0.3) is 0 Å². The minimum atomic E-state index is -1.42. The molecule has 26 heavy (non-hydrogen) atoms. The summed E-state index contributed by atoms with van der Waals surface area (Å²) in [6, 6.07) is 0. The van der Waals surface area contributed by atoms with Crippen LogP contribution in [0.4, 0.5) is 0 Å². The Labute approximate surface area is 150 Å². The van der Waals surface area contributed by atoms with Crippen molar-refractivity contribution < 1.29 is 42.9 Å². The van der Waals surface area contributed by atoms with Gasteiger partial charge < -0.3 is 18.9 Å². The van der Waals surface area contributed by atoms with Gasteiger partial charge in [0.15, 0.2) is 6.10 Å². The van der Waals surface area contributed by atoms with Crippen LogP contribution in [0.2, 0.25) is 0 Å². The third-order valence-electron chi connectivity index (χ3n) is 3.16. The fourth-order valence-electron chi connectivity index (χ4n) is 2.30. The number of hydrogen-bond donors (Lipinski definition) is 0. The molecule has 0 saturated heterocycles. The number of hydrogen-bond acceptors (Lipinski definition) is 9. The van der Waals surface area contributed by atoms with Crippen LogP contribution in [0, 0.1) is 0 Å². The van der Waals surface area contributed by atoms with Crippen molar-refractivity contribution in [2.45, 2.75) is 53.1 Å². The van der Waals surface area contributed by atoms with Crippen LogP contribution in [0.3, 0.4) is 0 Å². The second-order valence-corrected chi connectivity index (χ2v) is 5.46. The van der Waals surface area contributed by atoms with Gasteiger partial charge in [-0.1, -0.05) is 0 Å². The van der Waals surface area contributed by atoms with Crippen LogP contribution in [0.1, 0.15) is 34.6 Å². The number of carbonyl (C=O) groups excluding carboxylic acids is 5. The van der Waals surface area contributed by atoms with Crippen molar-refractivity contribution in [1.29, 1.82) is 0 Å². The van der Waals surface area contributed by atoms with Gasteiger partial charge in [-0.25, -0.2) is 4.90 Å². The molecular weight excluding hydrogens is 350 g/mol. The lowest BCUT2D eigenvalue weighted by molar-refractivity contribution is -0.210. The lowest BCUT2D eigenvalue weighted by Crippen LogP contribution is -2.49. The number of esters is 3. The fourth-order valence-corrected chi connectivity index (χ4v) is 2.30. The highest BCUT2D eigenvalue weighted by Gasteiger charge is 2.40. The first-order chi connectivity index (χ1) is 12.0. The predicted octanol–water partition coefficient (Wildman–Crippen LogP) is 0.0481. The second kappa shape index (κ2) is 9.09. The largest absolute Gasteiger partial charge is 0.463 e. The molecule has 3 atom stereocenters. The summed E-state index contributed by atoms with van der Waals surface area (Å²) in [6.45, 7) is 5.43. The molecule has 0 aromatic rings. The highest BCUT2D eigenvalue weighted by atomic mass is 16.7. The number of imide groups is 1. The Morgan fingerprint density at radius 3 is 1.88 bits per heavy atom. The Hall–Kier alpha value is -2.75. The molecule has 0 aromatic carbocycles. The van der Waals surface area contributed by atoms with Gasteiger partial charge in [0.1, 0.15) is 12.7 Å². The third-order valence-corrected chi connectivity index (χ3v) is 3.16. The van der Waals surface area contributed by atoms with Crippen LogP contribution < -0.4 is 0 Å². The molecule has 1 heterocycles. The summed E-state index contributed by atoms with van der Waals surface area (Å²) in [5.41, 5.74) is -0.106. The average molecular weight is 371 g/mol. The maximum Gasteiger partial charge on any atom is 0.305 e. The maximum atomic E-state index is 11.8. The quantitative estimate of drug-likeness (QED) is 0.486. The molecule has 0 spiro atoms. The van der Waals surface area contributed by atoms with Crippen molar-refractivity contribution in [2.24, 2.45) is 0 Å². The van der Waals surface area contributed by atoms with Crippen molar-refractivity contribution in [3.05, 3.63) is 11.8 Å². The molecular formula is C16H21NO9. The predicted molar refractivity (Wildman–Crippen MR) is 83.9 cm³/mol. The van der Waals surface area contributed by atoms with Crippen LogP contribution in [-0.2, 0) is 42.9 Å². The molecule has 0 aliphatic carbocycles. The molecule has 2 amide bonds. The SMILES string of the molecule is CC(=O)OCC1OC(OC(C)=O)C(N(C(C)=O)C(C)=O)=CC1OC(C)=O. The van der Waals surface area contributed by atoms with E-state index in [0.29, 0.717) is 0 Å². The summed E-state index contributed by atoms with van der Waals surface area (Å²) in [5, 5.41) is 0. The number of rotatable bonds is 5. The van der Waals surface area contributed by atoms with Crippen molar-refractivity contribution in [3.8, 4) is 0 Å². The molecule has 1 aliphatic rings. The van der Waals surface area contributed by atoms with E-state index in [1.807, 2.05) is 0 Å². The first-order valence-electron chi connectivity index (χ1n) is 7.69. The summed E-state index contributed by atoms with van der Waals surface area (Å²) in [7, 11) is 0. The fraction of sp³-hybridized carbons (Fsp3) is 0.562. The second-order valence-electron chi connectivity index (χ2n) is 5.46. The number of nitrogens with zero attached hydrogens (tertiary/aromatic N) is 1. The van der Waals surface area contributed by atoms with Gasteiger partial charge in [-0.2, -0.15) is 0 Å².